The van der Waals surface area contributed by atoms with Gasteiger partial charge in [-0.15, -0.1) is 0 Å². The number of hydrogen-bond acceptors (Lipinski definition) is 2. The standard InChI is InChI=1S/C10H16N2/c1-2-9(11)8-12-10-6-4-3-5-7-10/h3-7,9,12H,2,8,11H2,1H3/t9-/m1/s1. The van der Waals surface area contributed by atoms with Crippen LogP contribution in [-0.4, -0.2) is 12.6 Å². The van der Waals surface area contributed by atoms with E-state index >= 15 is 0 Å². The van der Waals surface area contributed by atoms with Crippen LogP contribution in [0.3, 0.4) is 0 Å². The molecular weight excluding hydrogens is 148 g/mol. The summed E-state index contributed by atoms with van der Waals surface area (Å²) in [4.78, 5) is 0. The van der Waals surface area contributed by atoms with Gasteiger partial charge in [0.05, 0.1) is 0 Å². The van der Waals surface area contributed by atoms with Crippen LogP contribution in [0.25, 0.3) is 0 Å². The number of nitrogens with one attached hydrogen (secondary N) is 1. The van der Waals surface area contributed by atoms with E-state index in [2.05, 4.69) is 12.2 Å². The largest absolute Gasteiger partial charge is 0.383 e. The zero-order valence-electron chi connectivity index (χ0n) is 7.46. The summed E-state index contributed by atoms with van der Waals surface area (Å²) >= 11 is 0. The summed E-state index contributed by atoms with van der Waals surface area (Å²) in [5.41, 5.74) is 6.90. The van der Waals surface area contributed by atoms with Crippen molar-refractivity contribution in [3.8, 4) is 0 Å². The Morgan fingerprint density at radius 2 is 2.00 bits per heavy atom. The lowest BCUT2D eigenvalue weighted by Gasteiger charge is -2.10. The predicted molar refractivity (Wildman–Crippen MR) is 53.2 cm³/mol. The normalized spacial score (nSPS) is 12.5. The fourth-order valence-corrected chi connectivity index (χ4v) is 0.949. The monoisotopic (exact) mass is 164 g/mol. The molecule has 0 heterocycles. The van der Waals surface area contributed by atoms with Gasteiger partial charge in [-0.05, 0) is 18.6 Å². The molecule has 0 unspecified atom stereocenters. The van der Waals surface area contributed by atoms with E-state index in [1.54, 1.807) is 0 Å². The molecule has 0 saturated carbocycles. The average Bonchev–Trinajstić information content (AvgIpc) is 2.16. The first kappa shape index (κ1) is 9.07. The quantitative estimate of drug-likeness (QED) is 0.712. The molecule has 1 atom stereocenters. The molecule has 2 nitrogen and oxygen atoms in total. The van der Waals surface area contributed by atoms with Gasteiger partial charge in [0.15, 0.2) is 0 Å². The molecule has 1 rings (SSSR count). The summed E-state index contributed by atoms with van der Waals surface area (Å²) < 4.78 is 0. The number of benzene rings is 1. The first-order valence-corrected chi connectivity index (χ1v) is 4.37. The zero-order chi connectivity index (χ0) is 8.81. The Morgan fingerprint density at radius 3 is 2.58 bits per heavy atom. The van der Waals surface area contributed by atoms with Gasteiger partial charge in [-0.2, -0.15) is 0 Å². The Balaban J connectivity index is 2.33. The number of nitrogens with two attached hydrogens (primary N) is 1. The van der Waals surface area contributed by atoms with Crippen molar-refractivity contribution in [2.24, 2.45) is 5.73 Å². The van der Waals surface area contributed by atoms with Crippen molar-refractivity contribution in [3.63, 3.8) is 0 Å². The highest BCUT2D eigenvalue weighted by atomic mass is 14.9. The minimum absolute atomic E-state index is 0.255. The van der Waals surface area contributed by atoms with E-state index in [0.717, 1.165) is 18.7 Å². The second-order valence-corrected chi connectivity index (χ2v) is 2.92. The third-order valence-electron chi connectivity index (χ3n) is 1.87. The van der Waals surface area contributed by atoms with Crippen molar-refractivity contribution in [2.75, 3.05) is 11.9 Å². The Hall–Kier alpha value is -1.02. The van der Waals surface area contributed by atoms with Crippen molar-refractivity contribution in [3.05, 3.63) is 30.3 Å². The molecular formula is C10H16N2. The van der Waals surface area contributed by atoms with Gasteiger partial charge in [0.2, 0.25) is 0 Å². The molecule has 66 valence electrons. The molecule has 0 saturated heterocycles. The highest BCUT2D eigenvalue weighted by Gasteiger charge is 1.96. The van der Waals surface area contributed by atoms with Gasteiger partial charge in [0.1, 0.15) is 0 Å². The van der Waals surface area contributed by atoms with Gasteiger partial charge in [0.25, 0.3) is 0 Å². The Kier molecular flexibility index (Phi) is 3.61. The molecule has 0 aromatic heterocycles. The summed E-state index contributed by atoms with van der Waals surface area (Å²) in [7, 11) is 0. The molecule has 0 radical (unpaired) electrons. The maximum atomic E-state index is 5.76. The van der Waals surface area contributed by atoms with Crippen LogP contribution in [0.15, 0.2) is 30.3 Å². The lowest BCUT2D eigenvalue weighted by atomic mass is 10.2. The highest BCUT2D eigenvalue weighted by molar-refractivity contribution is 5.42. The Labute approximate surface area is 73.8 Å². The molecule has 0 aliphatic heterocycles. The van der Waals surface area contributed by atoms with Gasteiger partial charge in [-0.1, -0.05) is 25.1 Å². The third-order valence-corrected chi connectivity index (χ3v) is 1.87. The highest BCUT2D eigenvalue weighted by Crippen LogP contribution is 2.04. The maximum absolute atomic E-state index is 5.76. The first-order chi connectivity index (χ1) is 5.83. The van der Waals surface area contributed by atoms with Gasteiger partial charge in [0, 0.05) is 18.3 Å². The summed E-state index contributed by atoms with van der Waals surface area (Å²) in [6, 6.07) is 10.4. The predicted octanol–water partition coefficient (Wildman–Crippen LogP) is 1.84. The van der Waals surface area contributed by atoms with Crippen molar-refractivity contribution in [1.29, 1.82) is 0 Å². The SMILES string of the molecule is CC[C@@H](N)CNc1ccccc1. The van der Waals surface area contributed by atoms with Gasteiger partial charge < -0.3 is 11.1 Å². The van der Waals surface area contributed by atoms with Crippen LogP contribution in [0.4, 0.5) is 5.69 Å². The van der Waals surface area contributed by atoms with Gasteiger partial charge >= 0.3 is 0 Å². The molecule has 0 aliphatic carbocycles. The van der Waals surface area contributed by atoms with Crippen molar-refractivity contribution in [1.82, 2.24) is 0 Å². The van der Waals surface area contributed by atoms with E-state index < -0.39 is 0 Å². The first-order valence-electron chi connectivity index (χ1n) is 4.37. The number of rotatable bonds is 4. The van der Waals surface area contributed by atoms with E-state index in [9.17, 15) is 0 Å². The third kappa shape index (κ3) is 2.93. The van der Waals surface area contributed by atoms with Crippen LogP contribution in [0.1, 0.15) is 13.3 Å². The lowest BCUT2D eigenvalue weighted by Crippen LogP contribution is -2.27. The van der Waals surface area contributed by atoms with E-state index in [1.807, 2.05) is 30.3 Å². The molecule has 0 bridgehead atoms. The topological polar surface area (TPSA) is 38.0 Å². The molecule has 2 heteroatoms. The van der Waals surface area contributed by atoms with Crippen molar-refractivity contribution in [2.45, 2.75) is 19.4 Å². The average molecular weight is 164 g/mol. The smallest absolute Gasteiger partial charge is 0.0340 e. The minimum atomic E-state index is 0.255. The van der Waals surface area contributed by atoms with Gasteiger partial charge in [-0.3, -0.25) is 0 Å². The van der Waals surface area contributed by atoms with Crippen LogP contribution in [0.5, 0.6) is 0 Å². The molecule has 0 aliphatic rings. The minimum Gasteiger partial charge on any atom is -0.383 e. The van der Waals surface area contributed by atoms with Crippen LogP contribution in [0, 0.1) is 0 Å². The van der Waals surface area contributed by atoms with Crippen molar-refractivity contribution < 1.29 is 0 Å². The Morgan fingerprint density at radius 1 is 1.33 bits per heavy atom. The fourth-order valence-electron chi connectivity index (χ4n) is 0.949. The van der Waals surface area contributed by atoms with Crippen LogP contribution in [0.2, 0.25) is 0 Å². The number of hydrogen-bond donors (Lipinski definition) is 2. The van der Waals surface area contributed by atoms with Crippen LogP contribution >= 0.6 is 0 Å². The number of anilines is 1. The summed E-state index contributed by atoms with van der Waals surface area (Å²) in [5.74, 6) is 0. The molecule has 12 heavy (non-hydrogen) atoms. The molecule has 0 fully saturated rings. The molecule has 1 aromatic rings. The lowest BCUT2D eigenvalue weighted by molar-refractivity contribution is 0.679. The Bertz CT molecular complexity index is 208. The summed E-state index contributed by atoms with van der Waals surface area (Å²) in [5, 5.41) is 3.27. The molecule has 3 N–H and O–H groups in total. The van der Waals surface area contributed by atoms with E-state index in [-0.39, 0.29) is 6.04 Å². The van der Waals surface area contributed by atoms with E-state index in [1.165, 1.54) is 0 Å². The number of para-hydroxylation sites is 1. The maximum Gasteiger partial charge on any atom is 0.0340 e. The molecule has 0 amide bonds. The molecule has 0 spiro atoms. The zero-order valence-corrected chi connectivity index (χ0v) is 7.46. The van der Waals surface area contributed by atoms with E-state index in [0.29, 0.717) is 0 Å². The summed E-state index contributed by atoms with van der Waals surface area (Å²) in [6.07, 6.45) is 1.01. The second-order valence-electron chi connectivity index (χ2n) is 2.92. The second kappa shape index (κ2) is 4.78. The van der Waals surface area contributed by atoms with Crippen molar-refractivity contribution >= 4 is 5.69 Å². The van der Waals surface area contributed by atoms with Gasteiger partial charge in [-0.25, -0.2) is 0 Å². The molecule has 1 aromatic carbocycles. The van der Waals surface area contributed by atoms with Crippen LogP contribution in [-0.2, 0) is 0 Å². The van der Waals surface area contributed by atoms with Crippen LogP contribution < -0.4 is 11.1 Å². The van der Waals surface area contributed by atoms with E-state index in [4.69, 9.17) is 5.73 Å². The fraction of sp³-hybridized carbons (Fsp3) is 0.400. The summed E-state index contributed by atoms with van der Waals surface area (Å²) in [6.45, 7) is 2.94.